The largest absolute Gasteiger partial charge is 0.493 e. The topological polar surface area (TPSA) is 98.8 Å². The number of benzene rings is 1. The zero-order chi connectivity index (χ0) is 16.9. The van der Waals surface area contributed by atoms with E-state index in [0.29, 0.717) is 30.5 Å². The summed E-state index contributed by atoms with van der Waals surface area (Å²) < 4.78 is 16.2. The Labute approximate surface area is 137 Å². The second kappa shape index (κ2) is 6.86. The third kappa shape index (κ3) is 3.22. The van der Waals surface area contributed by atoms with Crippen molar-refractivity contribution < 1.29 is 23.8 Å². The van der Waals surface area contributed by atoms with Crippen molar-refractivity contribution >= 4 is 11.8 Å². The lowest BCUT2D eigenvalue weighted by Gasteiger charge is -2.21. The minimum Gasteiger partial charge on any atom is -0.493 e. The van der Waals surface area contributed by atoms with Crippen LogP contribution in [0.3, 0.4) is 0 Å². The maximum absolute atomic E-state index is 12.2. The van der Waals surface area contributed by atoms with Crippen molar-refractivity contribution in [3.05, 3.63) is 47.8 Å². The van der Waals surface area contributed by atoms with Crippen LogP contribution in [-0.4, -0.2) is 37.1 Å². The minimum atomic E-state index is -0.520. The third-order valence-corrected chi connectivity index (χ3v) is 3.28. The maximum Gasteiger partial charge on any atom is 0.288 e. The highest BCUT2D eigenvalue weighted by atomic mass is 16.6. The molecule has 2 heterocycles. The third-order valence-electron chi connectivity index (χ3n) is 3.28. The summed E-state index contributed by atoms with van der Waals surface area (Å²) in [6.07, 6.45) is 1.49. The molecule has 0 saturated carbocycles. The van der Waals surface area contributed by atoms with E-state index in [1.165, 1.54) is 31.5 Å². The summed E-state index contributed by atoms with van der Waals surface area (Å²) in [6, 6.07) is 7.94. The average molecular weight is 329 g/mol. The van der Waals surface area contributed by atoms with Crippen molar-refractivity contribution in [2.75, 3.05) is 20.3 Å². The molecule has 8 heteroatoms. The van der Waals surface area contributed by atoms with Gasteiger partial charge in [0.2, 0.25) is 5.75 Å². The Balaban J connectivity index is 1.72. The van der Waals surface area contributed by atoms with Gasteiger partial charge in [-0.25, -0.2) is 0 Å². The van der Waals surface area contributed by atoms with Crippen LogP contribution >= 0.6 is 0 Å². The van der Waals surface area contributed by atoms with Gasteiger partial charge in [0, 0.05) is 11.8 Å². The van der Waals surface area contributed by atoms with Crippen LogP contribution in [0.4, 0.5) is 0 Å². The van der Waals surface area contributed by atoms with E-state index in [1.807, 2.05) is 0 Å². The van der Waals surface area contributed by atoms with Gasteiger partial charge in [-0.2, -0.15) is 0 Å². The van der Waals surface area contributed by atoms with Crippen molar-refractivity contribution in [3.8, 4) is 17.2 Å². The monoisotopic (exact) mass is 329 g/mol. The fourth-order valence-corrected chi connectivity index (χ4v) is 2.15. The predicted molar refractivity (Wildman–Crippen MR) is 83.2 cm³/mol. The average Bonchev–Trinajstić information content (AvgIpc) is 2.65. The van der Waals surface area contributed by atoms with Gasteiger partial charge in [0.25, 0.3) is 11.8 Å². The minimum absolute atomic E-state index is 0.192. The summed E-state index contributed by atoms with van der Waals surface area (Å²) in [5.41, 5.74) is 5.08. The number of hydrogen-bond acceptors (Lipinski definition) is 6. The van der Waals surface area contributed by atoms with E-state index in [4.69, 9.17) is 14.2 Å². The van der Waals surface area contributed by atoms with E-state index in [2.05, 4.69) is 15.8 Å². The van der Waals surface area contributed by atoms with Gasteiger partial charge in [-0.3, -0.25) is 25.4 Å². The number of aromatic nitrogens is 1. The van der Waals surface area contributed by atoms with Gasteiger partial charge in [0.1, 0.15) is 18.9 Å². The fraction of sp³-hybridized carbons (Fsp3) is 0.188. The molecule has 8 nitrogen and oxygen atoms in total. The number of amides is 2. The number of carbonyl (C=O) groups is 2. The van der Waals surface area contributed by atoms with E-state index >= 15 is 0 Å². The Bertz CT molecular complexity index is 747. The summed E-state index contributed by atoms with van der Waals surface area (Å²) in [7, 11) is 1.47. The smallest absolute Gasteiger partial charge is 0.288 e. The molecule has 0 saturated heterocycles. The van der Waals surface area contributed by atoms with E-state index in [-0.39, 0.29) is 11.3 Å². The lowest BCUT2D eigenvalue weighted by Crippen LogP contribution is -2.42. The van der Waals surface area contributed by atoms with E-state index < -0.39 is 11.8 Å². The first kappa shape index (κ1) is 15.6. The molecule has 1 aromatic carbocycles. The summed E-state index contributed by atoms with van der Waals surface area (Å²) in [4.78, 5) is 28.0. The van der Waals surface area contributed by atoms with E-state index in [9.17, 15) is 9.59 Å². The molecule has 0 spiro atoms. The first-order valence-corrected chi connectivity index (χ1v) is 7.18. The Morgan fingerprint density at radius 1 is 1.12 bits per heavy atom. The number of ether oxygens (including phenoxy) is 3. The Kier molecular flexibility index (Phi) is 4.46. The van der Waals surface area contributed by atoms with Gasteiger partial charge in [-0.1, -0.05) is 6.07 Å². The first-order valence-electron chi connectivity index (χ1n) is 7.18. The second-order valence-electron chi connectivity index (χ2n) is 4.83. The van der Waals surface area contributed by atoms with Crippen molar-refractivity contribution in [1.29, 1.82) is 0 Å². The number of hydrogen-bond donors (Lipinski definition) is 2. The number of nitrogens with one attached hydrogen (secondary N) is 2. The highest BCUT2D eigenvalue weighted by molar-refractivity contribution is 5.99. The van der Waals surface area contributed by atoms with Crippen molar-refractivity contribution in [2.45, 2.75) is 0 Å². The SMILES string of the molecule is COc1cc(C(=O)NNC(=O)c2ccccn2)cc2c1OCCO2. The summed E-state index contributed by atoms with van der Waals surface area (Å²) in [5.74, 6) is 0.219. The molecule has 0 bridgehead atoms. The maximum atomic E-state index is 12.2. The summed E-state index contributed by atoms with van der Waals surface area (Å²) >= 11 is 0. The normalized spacial score (nSPS) is 12.2. The molecule has 24 heavy (non-hydrogen) atoms. The Hall–Kier alpha value is -3.29. The van der Waals surface area contributed by atoms with E-state index in [1.54, 1.807) is 12.1 Å². The van der Waals surface area contributed by atoms with Crippen LogP contribution in [0.15, 0.2) is 36.5 Å². The molecular formula is C16H15N3O5. The molecule has 124 valence electrons. The summed E-state index contributed by atoms with van der Waals surface area (Å²) in [5, 5.41) is 0. The molecular weight excluding hydrogens is 314 g/mol. The van der Waals surface area contributed by atoms with Crippen LogP contribution in [0.25, 0.3) is 0 Å². The number of methoxy groups -OCH3 is 1. The van der Waals surface area contributed by atoms with Crippen LogP contribution in [-0.2, 0) is 0 Å². The van der Waals surface area contributed by atoms with Gasteiger partial charge < -0.3 is 14.2 Å². The van der Waals surface area contributed by atoms with Gasteiger partial charge in [0.05, 0.1) is 7.11 Å². The van der Waals surface area contributed by atoms with Crippen molar-refractivity contribution in [3.63, 3.8) is 0 Å². The van der Waals surface area contributed by atoms with E-state index in [0.717, 1.165) is 0 Å². The quantitative estimate of drug-likeness (QED) is 0.813. The van der Waals surface area contributed by atoms with Gasteiger partial charge in [0.15, 0.2) is 11.5 Å². The van der Waals surface area contributed by atoms with Crippen molar-refractivity contribution in [1.82, 2.24) is 15.8 Å². The second-order valence-corrected chi connectivity index (χ2v) is 4.83. The molecule has 0 aliphatic carbocycles. The van der Waals surface area contributed by atoms with Crippen LogP contribution in [0.2, 0.25) is 0 Å². The number of nitrogens with zero attached hydrogens (tertiary/aromatic N) is 1. The molecule has 0 atom stereocenters. The van der Waals surface area contributed by atoms with Crippen LogP contribution in [0, 0.1) is 0 Å². The van der Waals surface area contributed by atoms with Gasteiger partial charge in [-0.15, -0.1) is 0 Å². The molecule has 1 aliphatic heterocycles. The highest BCUT2D eigenvalue weighted by Gasteiger charge is 2.21. The number of hydrazine groups is 1. The Morgan fingerprint density at radius 3 is 2.67 bits per heavy atom. The number of carbonyl (C=O) groups excluding carboxylic acids is 2. The predicted octanol–water partition coefficient (Wildman–Crippen LogP) is 0.936. The molecule has 0 radical (unpaired) electrons. The molecule has 0 fully saturated rings. The molecule has 1 aliphatic rings. The zero-order valence-corrected chi connectivity index (χ0v) is 12.9. The van der Waals surface area contributed by atoms with Crippen LogP contribution in [0.5, 0.6) is 17.2 Å². The first-order chi connectivity index (χ1) is 11.7. The standard InChI is InChI=1S/C16H15N3O5/c1-22-12-8-10(9-13-14(12)24-7-6-23-13)15(20)18-19-16(21)11-4-2-3-5-17-11/h2-5,8-9H,6-7H2,1H3,(H,18,20)(H,19,21). The summed E-state index contributed by atoms with van der Waals surface area (Å²) in [6.45, 7) is 0.798. The van der Waals surface area contributed by atoms with Gasteiger partial charge >= 0.3 is 0 Å². The van der Waals surface area contributed by atoms with Crippen molar-refractivity contribution in [2.24, 2.45) is 0 Å². The van der Waals surface area contributed by atoms with Gasteiger partial charge in [-0.05, 0) is 24.3 Å². The Morgan fingerprint density at radius 2 is 1.92 bits per heavy atom. The molecule has 2 amide bonds. The fourth-order valence-electron chi connectivity index (χ4n) is 2.15. The molecule has 0 unspecified atom stereocenters. The number of fused-ring (bicyclic) bond motifs is 1. The molecule has 1 aromatic heterocycles. The lowest BCUT2D eigenvalue weighted by atomic mass is 10.1. The van der Waals surface area contributed by atoms with Crippen LogP contribution < -0.4 is 25.1 Å². The number of rotatable bonds is 3. The molecule has 2 aromatic rings. The molecule has 2 N–H and O–H groups in total. The van der Waals surface area contributed by atoms with Crippen LogP contribution in [0.1, 0.15) is 20.8 Å². The lowest BCUT2D eigenvalue weighted by molar-refractivity contribution is 0.0843. The highest BCUT2D eigenvalue weighted by Crippen LogP contribution is 2.40. The number of pyridine rings is 1. The molecule has 3 rings (SSSR count). The zero-order valence-electron chi connectivity index (χ0n) is 12.9.